The van der Waals surface area contributed by atoms with Crippen molar-refractivity contribution in [2.45, 2.75) is 31.9 Å². The van der Waals surface area contributed by atoms with Gasteiger partial charge in [0.1, 0.15) is 9.31 Å². The topological polar surface area (TPSA) is 17.1 Å². The molecule has 0 aliphatic heterocycles. The Morgan fingerprint density at radius 2 is 2.18 bits per heavy atom. The predicted octanol–water partition coefficient (Wildman–Crippen LogP) is 2.69. The summed E-state index contributed by atoms with van der Waals surface area (Å²) in [4.78, 5) is 11.1. The molecule has 0 aromatic carbocycles. The first kappa shape index (κ1) is 11.5. The minimum absolute atomic E-state index is 0.154. The van der Waals surface area contributed by atoms with E-state index in [0.29, 0.717) is 3.53 Å². The molecule has 0 aliphatic rings. The fraction of sp³-hybridized carbons (Fsp3) is 0.714. The van der Waals surface area contributed by atoms with E-state index in [1.807, 2.05) is 13.8 Å². The molecule has 0 aromatic rings. The van der Waals surface area contributed by atoms with E-state index in [-0.39, 0.29) is 10.5 Å². The first-order chi connectivity index (χ1) is 4.92. The van der Waals surface area contributed by atoms with E-state index in [2.05, 4.69) is 12.6 Å². The second-order valence-electron chi connectivity index (χ2n) is 2.51. The van der Waals surface area contributed by atoms with Crippen molar-refractivity contribution >= 4 is 45.9 Å². The average Bonchev–Trinajstić information content (AvgIpc) is 1.86. The Hall–Kier alpha value is 0.460. The number of hydrogen-bond acceptors (Lipinski definition) is 3. The molecule has 1 unspecified atom stereocenters. The summed E-state index contributed by atoms with van der Waals surface area (Å²) in [6.07, 6.45) is 0.785. The Kier molecular flexibility index (Phi) is 4.66. The van der Waals surface area contributed by atoms with E-state index in [0.717, 1.165) is 6.42 Å². The van der Waals surface area contributed by atoms with Gasteiger partial charge in [-0.1, -0.05) is 30.9 Å². The normalized spacial score (nSPS) is 15.6. The molecule has 0 rings (SSSR count). The van der Waals surface area contributed by atoms with E-state index >= 15 is 0 Å². The Balaban J connectivity index is 4.34. The van der Waals surface area contributed by atoms with Crippen molar-refractivity contribution < 1.29 is 4.79 Å². The van der Waals surface area contributed by atoms with Crippen LogP contribution in [0.15, 0.2) is 0 Å². The third-order valence-electron chi connectivity index (χ3n) is 1.73. The molecule has 0 spiro atoms. The van der Waals surface area contributed by atoms with Crippen molar-refractivity contribution in [3.8, 4) is 0 Å². The minimum atomic E-state index is -0.376. The van der Waals surface area contributed by atoms with E-state index < -0.39 is 0 Å². The summed E-state index contributed by atoms with van der Waals surface area (Å²) in [7, 11) is 0. The molecule has 0 heterocycles. The molecule has 0 amide bonds. The number of thiol groups is 1. The van der Waals surface area contributed by atoms with Gasteiger partial charge in [0.05, 0.1) is 4.75 Å². The number of carbonyl (C=O) groups excluding carboxylic acids is 1. The summed E-state index contributed by atoms with van der Waals surface area (Å²) in [5.41, 5.74) is 0. The largest absolute Gasteiger partial charge is 0.298 e. The molecular weight excluding hydrogens is 196 g/mol. The lowest BCUT2D eigenvalue weighted by Crippen LogP contribution is -2.29. The van der Waals surface area contributed by atoms with Crippen LogP contribution in [0.3, 0.4) is 0 Å². The van der Waals surface area contributed by atoms with Gasteiger partial charge in [0.15, 0.2) is 0 Å². The number of thioether (sulfide) groups is 1. The van der Waals surface area contributed by atoms with Crippen LogP contribution in [-0.2, 0) is 4.79 Å². The first-order valence-electron chi connectivity index (χ1n) is 3.35. The van der Waals surface area contributed by atoms with Crippen molar-refractivity contribution in [2.75, 3.05) is 0 Å². The van der Waals surface area contributed by atoms with Crippen LogP contribution in [0.25, 0.3) is 0 Å². The molecular formula is C7H12OS3. The standard InChI is InChI=1S/C7H12OS3/c1-4-7(3,5(2)8)11-6(9)10/h4H2,1-3H3,(H,9,10). The predicted molar refractivity (Wildman–Crippen MR) is 58.6 cm³/mol. The lowest BCUT2D eigenvalue weighted by molar-refractivity contribution is -0.118. The summed E-state index contributed by atoms with van der Waals surface area (Å²) in [5, 5.41) is 0. The van der Waals surface area contributed by atoms with Crippen LogP contribution in [0.5, 0.6) is 0 Å². The number of carbonyl (C=O) groups is 1. The van der Waals surface area contributed by atoms with E-state index in [1.54, 1.807) is 6.92 Å². The summed E-state index contributed by atoms with van der Waals surface area (Å²) in [6.45, 7) is 5.45. The van der Waals surface area contributed by atoms with Gasteiger partial charge >= 0.3 is 0 Å². The van der Waals surface area contributed by atoms with Crippen LogP contribution < -0.4 is 0 Å². The zero-order valence-electron chi connectivity index (χ0n) is 6.88. The van der Waals surface area contributed by atoms with Crippen LogP contribution in [0.2, 0.25) is 0 Å². The summed E-state index contributed by atoms with van der Waals surface area (Å²) in [5.74, 6) is 0.154. The molecule has 0 fully saturated rings. The molecule has 4 heteroatoms. The van der Waals surface area contributed by atoms with E-state index in [1.165, 1.54) is 11.8 Å². The molecule has 1 nitrogen and oxygen atoms in total. The molecule has 0 aromatic heterocycles. The van der Waals surface area contributed by atoms with Crippen LogP contribution in [0.1, 0.15) is 27.2 Å². The molecule has 64 valence electrons. The molecule has 0 bridgehead atoms. The SMILES string of the molecule is CCC(C)(SC(=S)S)C(C)=O. The number of rotatable bonds is 3. The van der Waals surface area contributed by atoms with Gasteiger partial charge in [0.25, 0.3) is 0 Å². The van der Waals surface area contributed by atoms with Crippen molar-refractivity contribution in [1.29, 1.82) is 0 Å². The summed E-state index contributed by atoms with van der Waals surface area (Å²) < 4.78 is 0.156. The maximum Gasteiger partial charge on any atom is 0.145 e. The highest BCUT2D eigenvalue weighted by molar-refractivity contribution is 8.42. The Labute approximate surface area is 82.7 Å². The second-order valence-corrected chi connectivity index (χ2v) is 5.74. The molecule has 0 aliphatic carbocycles. The van der Waals surface area contributed by atoms with Gasteiger partial charge in [-0.05, 0) is 20.3 Å². The van der Waals surface area contributed by atoms with E-state index in [9.17, 15) is 4.79 Å². The van der Waals surface area contributed by atoms with E-state index in [4.69, 9.17) is 12.2 Å². The lowest BCUT2D eigenvalue weighted by atomic mass is 10.0. The molecule has 11 heavy (non-hydrogen) atoms. The molecule has 0 N–H and O–H groups in total. The highest BCUT2D eigenvalue weighted by Crippen LogP contribution is 2.31. The van der Waals surface area contributed by atoms with Gasteiger partial charge in [-0.2, -0.15) is 0 Å². The highest BCUT2D eigenvalue weighted by atomic mass is 32.2. The number of thiocarbonyl (C=S) groups is 1. The second kappa shape index (κ2) is 4.48. The van der Waals surface area contributed by atoms with Crippen LogP contribution >= 0.6 is 36.6 Å². The Morgan fingerprint density at radius 3 is 2.27 bits per heavy atom. The Bertz CT molecular complexity index is 179. The third kappa shape index (κ3) is 3.58. The zero-order valence-corrected chi connectivity index (χ0v) is 9.41. The van der Waals surface area contributed by atoms with Crippen LogP contribution in [-0.4, -0.2) is 14.1 Å². The minimum Gasteiger partial charge on any atom is -0.298 e. The number of ketones is 1. The summed E-state index contributed by atoms with van der Waals surface area (Å²) >= 11 is 10.1. The highest BCUT2D eigenvalue weighted by Gasteiger charge is 2.29. The van der Waals surface area contributed by atoms with Crippen LogP contribution in [0, 0.1) is 0 Å². The van der Waals surface area contributed by atoms with Gasteiger partial charge in [-0.3, -0.25) is 4.79 Å². The van der Waals surface area contributed by atoms with Crippen molar-refractivity contribution in [3.05, 3.63) is 0 Å². The number of Topliss-reactive ketones (excluding diaryl/α,β-unsaturated/α-hetero) is 1. The smallest absolute Gasteiger partial charge is 0.145 e. The van der Waals surface area contributed by atoms with Crippen molar-refractivity contribution in [2.24, 2.45) is 0 Å². The molecule has 0 radical (unpaired) electrons. The van der Waals surface area contributed by atoms with Crippen LogP contribution in [0.4, 0.5) is 0 Å². The molecule has 1 atom stereocenters. The zero-order chi connectivity index (χ0) is 9.07. The third-order valence-corrected chi connectivity index (χ3v) is 3.46. The van der Waals surface area contributed by atoms with Gasteiger partial charge in [-0.25, -0.2) is 0 Å². The summed E-state index contributed by atoms with van der Waals surface area (Å²) in [6, 6.07) is 0. The quantitative estimate of drug-likeness (QED) is 0.568. The molecule has 0 saturated carbocycles. The Morgan fingerprint density at radius 1 is 1.73 bits per heavy atom. The van der Waals surface area contributed by atoms with Crippen molar-refractivity contribution in [3.63, 3.8) is 0 Å². The first-order valence-corrected chi connectivity index (χ1v) is 5.02. The van der Waals surface area contributed by atoms with Gasteiger partial charge < -0.3 is 0 Å². The lowest BCUT2D eigenvalue weighted by Gasteiger charge is -2.22. The fourth-order valence-electron chi connectivity index (χ4n) is 0.586. The fourth-order valence-corrected chi connectivity index (χ4v) is 2.42. The van der Waals surface area contributed by atoms with Gasteiger partial charge in [0, 0.05) is 0 Å². The monoisotopic (exact) mass is 208 g/mol. The van der Waals surface area contributed by atoms with Crippen molar-refractivity contribution in [1.82, 2.24) is 0 Å². The van der Waals surface area contributed by atoms with Gasteiger partial charge in [0.2, 0.25) is 0 Å². The maximum atomic E-state index is 11.1. The average molecular weight is 208 g/mol. The maximum absolute atomic E-state index is 11.1. The molecule has 0 saturated heterocycles. The number of hydrogen-bond donors (Lipinski definition) is 1. The van der Waals surface area contributed by atoms with Gasteiger partial charge in [-0.15, -0.1) is 12.6 Å².